The van der Waals surface area contributed by atoms with Crippen LogP contribution in [-0.4, -0.2) is 12.6 Å². The standard InChI is InChI=1S/C15H19NO2/c1-4-18-15(17)14(10-16)12(3)11(2)13-8-6-5-7-9-13/h5-9,11-12,14H,4H2,1-3H3/t11-,12+,14?/m0/s1. The van der Waals surface area contributed by atoms with Crippen molar-refractivity contribution in [1.82, 2.24) is 0 Å². The Morgan fingerprint density at radius 2 is 1.94 bits per heavy atom. The minimum Gasteiger partial charge on any atom is -0.465 e. The predicted molar refractivity (Wildman–Crippen MR) is 69.8 cm³/mol. The van der Waals surface area contributed by atoms with Gasteiger partial charge in [-0.05, 0) is 24.3 Å². The number of nitrogens with zero attached hydrogens (tertiary/aromatic N) is 1. The summed E-state index contributed by atoms with van der Waals surface area (Å²) < 4.78 is 4.94. The van der Waals surface area contributed by atoms with E-state index >= 15 is 0 Å². The number of nitriles is 1. The lowest BCUT2D eigenvalue weighted by atomic mass is 9.81. The van der Waals surface area contributed by atoms with Crippen molar-refractivity contribution in [1.29, 1.82) is 5.26 Å². The van der Waals surface area contributed by atoms with Crippen molar-refractivity contribution in [2.24, 2.45) is 11.8 Å². The highest BCUT2D eigenvalue weighted by Crippen LogP contribution is 2.30. The molecule has 3 heteroatoms. The van der Waals surface area contributed by atoms with Gasteiger partial charge in [-0.15, -0.1) is 0 Å². The molecule has 0 aromatic heterocycles. The summed E-state index contributed by atoms with van der Waals surface area (Å²) in [6.45, 7) is 6.01. The second kappa shape index (κ2) is 6.80. The van der Waals surface area contributed by atoms with E-state index in [9.17, 15) is 4.79 Å². The Hall–Kier alpha value is -1.82. The Bertz CT molecular complexity index is 422. The summed E-state index contributed by atoms with van der Waals surface area (Å²) in [5.74, 6) is -1.06. The van der Waals surface area contributed by atoms with E-state index in [1.54, 1.807) is 6.92 Å². The van der Waals surface area contributed by atoms with E-state index in [0.717, 1.165) is 5.56 Å². The van der Waals surface area contributed by atoms with Crippen molar-refractivity contribution in [3.63, 3.8) is 0 Å². The lowest BCUT2D eigenvalue weighted by Crippen LogP contribution is -2.26. The molecule has 0 fully saturated rings. The summed E-state index contributed by atoms with van der Waals surface area (Å²) >= 11 is 0. The van der Waals surface area contributed by atoms with E-state index in [-0.39, 0.29) is 11.8 Å². The van der Waals surface area contributed by atoms with Gasteiger partial charge in [-0.1, -0.05) is 44.2 Å². The first-order valence-corrected chi connectivity index (χ1v) is 6.23. The van der Waals surface area contributed by atoms with Crippen molar-refractivity contribution >= 4 is 5.97 Å². The van der Waals surface area contributed by atoms with Gasteiger partial charge in [0.05, 0.1) is 12.7 Å². The largest absolute Gasteiger partial charge is 0.465 e. The number of benzene rings is 1. The monoisotopic (exact) mass is 245 g/mol. The number of hydrogen-bond donors (Lipinski definition) is 0. The van der Waals surface area contributed by atoms with Crippen molar-refractivity contribution in [3.05, 3.63) is 35.9 Å². The maximum atomic E-state index is 11.7. The second-order valence-corrected chi connectivity index (χ2v) is 4.42. The third-order valence-corrected chi connectivity index (χ3v) is 3.32. The van der Waals surface area contributed by atoms with Gasteiger partial charge in [-0.25, -0.2) is 0 Å². The van der Waals surface area contributed by atoms with Crippen LogP contribution in [0.4, 0.5) is 0 Å². The van der Waals surface area contributed by atoms with Crippen LogP contribution >= 0.6 is 0 Å². The number of rotatable bonds is 5. The topological polar surface area (TPSA) is 50.1 Å². The summed E-state index contributed by atoms with van der Waals surface area (Å²) in [5.41, 5.74) is 1.13. The van der Waals surface area contributed by atoms with Crippen LogP contribution in [-0.2, 0) is 9.53 Å². The van der Waals surface area contributed by atoms with Crippen LogP contribution in [0.5, 0.6) is 0 Å². The van der Waals surface area contributed by atoms with Crippen LogP contribution in [0, 0.1) is 23.2 Å². The quantitative estimate of drug-likeness (QED) is 0.749. The summed E-state index contributed by atoms with van der Waals surface area (Å²) in [6, 6.07) is 12.0. The lowest BCUT2D eigenvalue weighted by molar-refractivity contribution is -0.147. The number of carbonyl (C=O) groups is 1. The van der Waals surface area contributed by atoms with Gasteiger partial charge in [-0.2, -0.15) is 5.26 Å². The Morgan fingerprint density at radius 1 is 1.33 bits per heavy atom. The molecule has 0 aliphatic carbocycles. The van der Waals surface area contributed by atoms with Gasteiger partial charge < -0.3 is 4.74 Å². The number of hydrogen-bond acceptors (Lipinski definition) is 3. The molecule has 96 valence electrons. The maximum Gasteiger partial charge on any atom is 0.323 e. The zero-order chi connectivity index (χ0) is 13.5. The van der Waals surface area contributed by atoms with Gasteiger partial charge in [-0.3, -0.25) is 4.79 Å². The summed E-state index contributed by atoms with van der Waals surface area (Å²) in [5, 5.41) is 9.14. The zero-order valence-corrected chi connectivity index (χ0v) is 11.1. The molecule has 0 radical (unpaired) electrons. The average Bonchev–Trinajstić information content (AvgIpc) is 2.40. The van der Waals surface area contributed by atoms with Crippen LogP contribution in [0.25, 0.3) is 0 Å². The third-order valence-electron chi connectivity index (χ3n) is 3.32. The second-order valence-electron chi connectivity index (χ2n) is 4.42. The first kappa shape index (κ1) is 14.2. The molecule has 0 aliphatic heterocycles. The van der Waals surface area contributed by atoms with Gasteiger partial charge in [0.2, 0.25) is 0 Å². The molecule has 0 aliphatic rings. The molecule has 0 spiro atoms. The Balaban J connectivity index is 2.82. The molecule has 1 aromatic rings. The smallest absolute Gasteiger partial charge is 0.323 e. The first-order valence-electron chi connectivity index (χ1n) is 6.23. The van der Waals surface area contributed by atoms with E-state index in [4.69, 9.17) is 10.00 Å². The SMILES string of the molecule is CCOC(=O)C(C#N)[C@H](C)[C@H](C)c1ccccc1. The van der Waals surface area contributed by atoms with Crippen molar-refractivity contribution < 1.29 is 9.53 Å². The van der Waals surface area contributed by atoms with Gasteiger partial charge in [0.1, 0.15) is 5.92 Å². The normalized spacial score (nSPS) is 15.2. The fourth-order valence-electron chi connectivity index (χ4n) is 1.97. The van der Waals surface area contributed by atoms with Gasteiger partial charge in [0, 0.05) is 0 Å². The molecule has 0 amide bonds. The molecule has 0 saturated heterocycles. The van der Waals surface area contributed by atoms with E-state index in [0.29, 0.717) is 6.61 Å². The van der Waals surface area contributed by atoms with Crippen molar-refractivity contribution in [3.8, 4) is 6.07 Å². The number of esters is 1. The van der Waals surface area contributed by atoms with E-state index in [2.05, 4.69) is 6.07 Å². The summed E-state index contributed by atoms with van der Waals surface area (Å²) in [7, 11) is 0. The number of ether oxygens (including phenoxy) is 1. The fraction of sp³-hybridized carbons (Fsp3) is 0.467. The Kier molecular flexibility index (Phi) is 5.38. The molecular formula is C15H19NO2. The average molecular weight is 245 g/mol. The van der Waals surface area contributed by atoms with Crippen LogP contribution in [0.1, 0.15) is 32.3 Å². The van der Waals surface area contributed by atoms with Crippen LogP contribution < -0.4 is 0 Å². The van der Waals surface area contributed by atoms with Crippen molar-refractivity contribution in [2.75, 3.05) is 6.61 Å². The Labute approximate surface area is 108 Å². The fourth-order valence-corrected chi connectivity index (χ4v) is 1.97. The van der Waals surface area contributed by atoms with E-state index < -0.39 is 11.9 Å². The van der Waals surface area contributed by atoms with Gasteiger partial charge in [0.25, 0.3) is 0 Å². The highest BCUT2D eigenvalue weighted by atomic mass is 16.5. The molecule has 0 N–H and O–H groups in total. The molecule has 3 nitrogen and oxygen atoms in total. The molecule has 18 heavy (non-hydrogen) atoms. The minimum absolute atomic E-state index is 0.0727. The molecular weight excluding hydrogens is 226 g/mol. The molecule has 0 heterocycles. The number of carbonyl (C=O) groups excluding carboxylic acids is 1. The highest BCUT2D eigenvalue weighted by molar-refractivity contribution is 5.75. The highest BCUT2D eigenvalue weighted by Gasteiger charge is 2.30. The van der Waals surface area contributed by atoms with Gasteiger partial charge >= 0.3 is 5.97 Å². The minimum atomic E-state index is -0.708. The Morgan fingerprint density at radius 3 is 2.44 bits per heavy atom. The van der Waals surface area contributed by atoms with Crippen LogP contribution in [0.2, 0.25) is 0 Å². The van der Waals surface area contributed by atoms with Gasteiger partial charge in [0.15, 0.2) is 0 Å². The molecule has 3 atom stereocenters. The zero-order valence-electron chi connectivity index (χ0n) is 11.1. The molecule has 1 rings (SSSR count). The summed E-state index contributed by atoms with van der Waals surface area (Å²) in [6.07, 6.45) is 0. The molecule has 1 aromatic carbocycles. The third kappa shape index (κ3) is 3.33. The first-order chi connectivity index (χ1) is 8.61. The molecule has 0 saturated carbocycles. The lowest BCUT2D eigenvalue weighted by Gasteiger charge is -2.23. The molecule has 1 unspecified atom stereocenters. The van der Waals surface area contributed by atoms with Crippen molar-refractivity contribution in [2.45, 2.75) is 26.7 Å². The molecule has 0 bridgehead atoms. The maximum absolute atomic E-state index is 11.7. The van der Waals surface area contributed by atoms with E-state index in [1.165, 1.54) is 0 Å². The predicted octanol–water partition coefficient (Wildman–Crippen LogP) is 3.13. The van der Waals surface area contributed by atoms with Crippen LogP contribution in [0.15, 0.2) is 30.3 Å². The van der Waals surface area contributed by atoms with Crippen LogP contribution in [0.3, 0.4) is 0 Å². The van der Waals surface area contributed by atoms with E-state index in [1.807, 2.05) is 44.2 Å². The summed E-state index contributed by atoms with van der Waals surface area (Å²) in [4.78, 5) is 11.7.